The van der Waals surface area contributed by atoms with Crippen molar-refractivity contribution in [3.63, 3.8) is 0 Å². The van der Waals surface area contributed by atoms with Gasteiger partial charge >= 0.3 is 5.97 Å². The van der Waals surface area contributed by atoms with E-state index >= 15 is 0 Å². The van der Waals surface area contributed by atoms with Crippen molar-refractivity contribution in [2.45, 2.75) is 11.8 Å². The predicted molar refractivity (Wildman–Crippen MR) is 70.9 cm³/mol. The standard InChI is InChI=1S/C13H15NO4S/c1-4-18-13(15)12-11(14(2)3)9-7-5-6-8-10(9)19(12,16)17/h5-8H,4H2,1-3H3. The van der Waals surface area contributed by atoms with Gasteiger partial charge in [-0.05, 0) is 13.0 Å². The Kier molecular flexibility index (Phi) is 3.36. The lowest BCUT2D eigenvalue weighted by Crippen LogP contribution is -2.18. The predicted octanol–water partition coefficient (Wildman–Crippen LogP) is 1.27. The molecule has 1 heterocycles. The molecule has 0 unspecified atom stereocenters. The van der Waals surface area contributed by atoms with Crippen LogP contribution in [0.2, 0.25) is 0 Å². The van der Waals surface area contributed by atoms with Gasteiger partial charge in [0.2, 0.25) is 9.84 Å². The first kappa shape index (κ1) is 13.6. The molecule has 102 valence electrons. The molecule has 0 aliphatic carbocycles. The molecule has 0 saturated carbocycles. The van der Waals surface area contributed by atoms with Crippen molar-refractivity contribution < 1.29 is 17.9 Å². The average molecular weight is 281 g/mol. The molecule has 1 aliphatic rings. The van der Waals surface area contributed by atoms with E-state index in [9.17, 15) is 13.2 Å². The lowest BCUT2D eigenvalue weighted by Gasteiger charge is -2.15. The summed E-state index contributed by atoms with van der Waals surface area (Å²) in [5.41, 5.74) is 0.921. The van der Waals surface area contributed by atoms with E-state index in [4.69, 9.17) is 4.74 Å². The molecule has 0 saturated heterocycles. The highest BCUT2D eigenvalue weighted by atomic mass is 32.2. The van der Waals surface area contributed by atoms with Gasteiger partial charge in [-0.25, -0.2) is 13.2 Å². The Hall–Kier alpha value is -1.82. The lowest BCUT2D eigenvalue weighted by molar-refractivity contribution is -0.137. The fourth-order valence-electron chi connectivity index (χ4n) is 2.10. The van der Waals surface area contributed by atoms with Crippen molar-refractivity contribution >= 4 is 21.5 Å². The monoisotopic (exact) mass is 281 g/mol. The van der Waals surface area contributed by atoms with Crippen LogP contribution in [0.15, 0.2) is 34.1 Å². The number of hydrogen-bond acceptors (Lipinski definition) is 5. The number of carbonyl (C=O) groups excluding carboxylic acids is 1. The first-order valence-electron chi connectivity index (χ1n) is 5.84. The third-order valence-corrected chi connectivity index (χ3v) is 4.66. The Morgan fingerprint density at radius 2 is 1.89 bits per heavy atom. The number of sulfone groups is 1. The zero-order valence-corrected chi connectivity index (χ0v) is 11.8. The van der Waals surface area contributed by atoms with Gasteiger partial charge < -0.3 is 9.64 Å². The Balaban J connectivity index is 2.74. The minimum Gasteiger partial charge on any atom is -0.462 e. The number of fused-ring (bicyclic) bond motifs is 1. The SMILES string of the molecule is CCOC(=O)C1=C(N(C)C)c2ccccc2S1(=O)=O. The smallest absolute Gasteiger partial charge is 0.352 e. The molecule has 0 fully saturated rings. The largest absolute Gasteiger partial charge is 0.462 e. The van der Waals surface area contributed by atoms with Crippen molar-refractivity contribution in [1.29, 1.82) is 0 Å². The number of nitrogens with zero attached hydrogens (tertiary/aromatic N) is 1. The molecule has 0 spiro atoms. The molecule has 0 atom stereocenters. The summed E-state index contributed by atoms with van der Waals surface area (Å²) in [6.07, 6.45) is 0. The van der Waals surface area contributed by atoms with Crippen molar-refractivity contribution in [1.82, 2.24) is 4.90 Å². The van der Waals surface area contributed by atoms with Gasteiger partial charge in [-0.1, -0.05) is 18.2 Å². The Morgan fingerprint density at radius 3 is 2.47 bits per heavy atom. The maximum atomic E-state index is 12.4. The van der Waals surface area contributed by atoms with Crippen LogP contribution in [0.5, 0.6) is 0 Å². The number of benzene rings is 1. The van der Waals surface area contributed by atoms with Gasteiger partial charge in [0.1, 0.15) is 0 Å². The number of hydrogen-bond donors (Lipinski definition) is 0. The van der Waals surface area contributed by atoms with Gasteiger partial charge in [0, 0.05) is 19.7 Å². The molecule has 19 heavy (non-hydrogen) atoms. The minimum absolute atomic E-state index is 0.134. The van der Waals surface area contributed by atoms with Gasteiger partial charge in [0.25, 0.3) is 0 Å². The molecule has 0 N–H and O–H groups in total. The summed E-state index contributed by atoms with van der Waals surface area (Å²) in [5, 5.41) is 0. The second-order valence-electron chi connectivity index (χ2n) is 4.29. The van der Waals surface area contributed by atoms with Gasteiger partial charge in [-0.15, -0.1) is 0 Å². The van der Waals surface area contributed by atoms with E-state index in [1.165, 1.54) is 6.07 Å². The van der Waals surface area contributed by atoms with E-state index in [2.05, 4.69) is 0 Å². The van der Waals surface area contributed by atoms with E-state index < -0.39 is 15.8 Å². The van der Waals surface area contributed by atoms with Crippen LogP contribution in [0.4, 0.5) is 0 Å². The molecular formula is C13H15NO4S. The molecule has 5 nitrogen and oxygen atoms in total. The molecular weight excluding hydrogens is 266 g/mol. The van der Waals surface area contributed by atoms with Crippen LogP contribution in [-0.4, -0.2) is 40.0 Å². The summed E-state index contributed by atoms with van der Waals surface area (Å²) in [4.78, 5) is 13.5. The molecule has 2 rings (SSSR count). The van der Waals surface area contributed by atoms with Gasteiger partial charge in [0.05, 0.1) is 17.2 Å². The van der Waals surface area contributed by atoms with Gasteiger partial charge in [-0.2, -0.15) is 0 Å². The molecule has 0 bridgehead atoms. The van der Waals surface area contributed by atoms with Crippen molar-refractivity contribution in [2.24, 2.45) is 0 Å². The highest BCUT2D eigenvalue weighted by Crippen LogP contribution is 2.40. The van der Waals surface area contributed by atoms with Crippen LogP contribution in [0, 0.1) is 0 Å². The highest BCUT2D eigenvalue weighted by molar-refractivity contribution is 7.96. The van der Waals surface area contributed by atoms with Crippen molar-refractivity contribution in [2.75, 3.05) is 20.7 Å². The number of ether oxygens (including phenoxy) is 1. The van der Waals surface area contributed by atoms with Gasteiger partial charge in [0.15, 0.2) is 4.91 Å². The Bertz CT molecular complexity index is 659. The molecule has 1 aromatic carbocycles. The van der Waals surface area contributed by atoms with E-state index in [0.717, 1.165) is 0 Å². The average Bonchev–Trinajstić information content (AvgIpc) is 2.59. The zero-order valence-electron chi connectivity index (χ0n) is 11.0. The maximum absolute atomic E-state index is 12.4. The normalized spacial score (nSPS) is 16.2. The molecule has 0 aromatic heterocycles. The summed E-state index contributed by atoms with van der Waals surface area (Å²) >= 11 is 0. The van der Waals surface area contributed by atoms with E-state index in [0.29, 0.717) is 11.3 Å². The maximum Gasteiger partial charge on any atom is 0.352 e. The molecule has 0 amide bonds. The molecule has 1 aromatic rings. The summed E-state index contributed by atoms with van der Waals surface area (Å²) in [6.45, 7) is 1.78. The first-order valence-corrected chi connectivity index (χ1v) is 7.32. The number of carbonyl (C=O) groups is 1. The van der Waals surface area contributed by atoms with Crippen molar-refractivity contribution in [3.05, 3.63) is 34.7 Å². The first-order chi connectivity index (χ1) is 8.91. The molecule has 0 radical (unpaired) electrons. The van der Waals surface area contributed by atoms with Gasteiger partial charge in [-0.3, -0.25) is 0 Å². The van der Waals surface area contributed by atoms with E-state index in [-0.39, 0.29) is 16.4 Å². The lowest BCUT2D eigenvalue weighted by atomic mass is 10.1. The second kappa shape index (κ2) is 4.70. The minimum atomic E-state index is -3.80. The molecule has 6 heteroatoms. The fourth-order valence-corrected chi connectivity index (χ4v) is 3.86. The Labute approximate surface area is 112 Å². The van der Waals surface area contributed by atoms with Crippen LogP contribution in [0.1, 0.15) is 12.5 Å². The Morgan fingerprint density at radius 1 is 1.26 bits per heavy atom. The van der Waals surface area contributed by atoms with Crippen LogP contribution >= 0.6 is 0 Å². The van der Waals surface area contributed by atoms with E-state index in [1.807, 2.05) is 0 Å². The summed E-state index contributed by atoms with van der Waals surface area (Å²) in [5.74, 6) is -0.803. The third-order valence-electron chi connectivity index (χ3n) is 2.82. The van der Waals surface area contributed by atoms with Crippen LogP contribution in [0.25, 0.3) is 5.70 Å². The third kappa shape index (κ3) is 2.02. The fraction of sp³-hybridized carbons (Fsp3) is 0.308. The summed E-state index contributed by atoms with van der Waals surface area (Å²) in [6, 6.07) is 6.57. The van der Waals surface area contributed by atoms with Crippen LogP contribution in [0.3, 0.4) is 0 Å². The topological polar surface area (TPSA) is 63.7 Å². The second-order valence-corrected chi connectivity index (χ2v) is 6.15. The summed E-state index contributed by atoms with van der Waals surface area (Å²) in [7, 11) is -0.397. The highest BCUT2D eigenvalue weighted by Gasteiger charge is 2.41. The zero-order chi connectivity index (χ0) is 14.2. The molecule has 1 aliphatic heterocycles. The number of esters is 1. The number of rotatable bonds is 3. The van der Waals surface area contributed by atoms with Crippen molar-refractivity contribution in [3.8, 4) is 0 Å². The summed E-state index contributed by atoms with van der Waals surface area (Å²) < 4.78 is 29.7. The van der Waals surface area contributed by atoms with Crippen LogP contribution < -0.4 is 0 Å². The van der Waals surface area contributed by atoms with Crippen LogP contribution in [-0.2, 0) is 19.4 Å². The quantitative estimate of drug-likeness (QED) is 0.781. The van der Waals surface area contributed by atoms with E-state index in [1.54, 1.807) is 44.1 Å².